The summed E-state index contributed by atoms with van der Waals surface area (Å²) in [6.45, 7) is 0. The van der Waals surface area contributed by atoms with Gasteiger partial charge in [-0.1, -0.05) is 101 Å². The van der Waals surface area contributed by atoms with E-state index in [9.17, 15) is 0 Å². The number of benzene rings is 7. The number of aromatic nitrogens is 5. The Morgan fingerprint density at radius 1 is 0.377 bits per heavy atom. The zero-order chi connectivity index (χ0) is 42.2. The molecule has 0 aliphatic heterocycles. The average molecular weight is 752 g/mol. The van der Waals surface area contributed by atoms with E-state index >= 15 is 0 Å². The zero-order valence-corrected chi connectivity index (χ0v) is 32.2. The summed E-state index contributed by atoms with van der Waals surface area (Å²) in [5, 5.41) is 5.22. The van der Waals surface area contributed by atoms with E-state index in [0.29, 0.717) is 33.5 Å². The molecule has 0 aliphatic carbocycles. The van der Waals surface area contributed by atoms with Gasteiger partial charge in [-0.2, -0.15) is 9.97 Å². The Labute approximate surface area is 363 Å². The highest BCUT2D eigenvalue weighted by Crippen LogP contribution is 2.42. The summed E-state index contributed by atoms with van der Waals surface area (Å²) in [5.41, 5.74) is 6.51. The summed E-state index contributed by atoms with van der Waals surface area (Å²) in [7, 11) is 65.6. The highest BCUT2D eigenvalue weighted by molar-refractivity contribution is 6.69. The van der Waals surface area contributed by atoms with Crippen LogP contribution in [0.5, 0.6) is 0 Å². The first-order valence-corrected chi connectivity index (χ1v) is 19.1. The summed E-state index contributed by atoms with van der Waals surface area (Å²) < 4.78 is 10.2. The van der Waals surface area contributed by atoms with Crippen LogP contribution in [-0.2, 0) is 0 Å². The molecule has 16 heteroatoms. The lowest BCUT2D eigenvalue weighted by Gasteiger charge is -2.23. The minimum Gasteiger partial charge on any atom is -0.456 e. The van der Waals surface area contributed by atoms with E-state index in [0.717, 1.165) is 43.4 Å². The Kier molecular flexibility index (Phi) is 8.35. The van der Waals surface area contributed by atoms with Gasteiger partial charge >= 0.3 is 0 Å². The maximum atomic E-state index is 6.84. The molecule has 20 radical (unpaired) electrons. The maximum Gasteiger partial charge on any atom is 0.238 e. The maximum absolute atomic E-state index is 6.84. The standard InChI is InChI=1S/C45H17B10N5O/c46-30-29(31(47)33(49)34(50)32(30)48)44-56-43(23-11-7-15-27-28(23)22-10-3-6-14-26(22)61-27)57-45(58-44)60-25-13-5-2-9-19(25)21-17-16-20-18-8-1-4-12-24(18)59(40(20)41(21)60)42-38(54)36(52)35(51)37(53)39(42)55/h1-17H. The molecule has 0 unspecified atom stereocenters. The number of rotatable bonds is 4. The molecule has 61 heavy (non-hydrogen) atoms. The molecule has 0 aliphatic rings. The first-order chi connectivity index (χ1) is 29.5. The third-order valence-electron chi connectivity index (χ3n) is 11.8. The molecule has 0 spiro atoms. The fraction of sp³-hybridized carbons (Fsp3) is 0. The lowest BCUT2D eigenvalue weighted by molar-refractivity contribution is 0.669. The molecule has 0 saturated heterocycles. The lowest BCUT2D eigenvalue weighted by Crippen LogP contribution is -2.56. The fourth-order valence-electron chi connectivity index (χ4n) is 8.77. The summed E-state index contributed by atoms with van der Waals surface area (Å²) in [4.78, 5) is 15.5. The van der Waals surface area contributed by atoms with Crippen LogP contribution in [0.15, 0.2) is 108 Å². The van der Waals surface area contributed by atoms with Crippen LogP contribution < -0.4 is 54.6 Å². The average Bonchev–Trinajstić information content (AvgIpc) is 3.94. The Morgan fingerprint density at radius 2 is 0.852 bits per heavy atom. The molecule has 4 heterocycles. The number of hydrogen-bond acceptors (Lipinski definition) is 4. The van der Waals surface area contributed by atoms with Crippen LogP contribution in [0.2, 0.25) is 0 Å². The second-order valence-electron chi connectivity index (χ2n) is 15.0. The van der Waals surface area contributed by atoms with Crippen LogP contribution >= 0.6 is 0 Å². The predicted molar refractivity (Wildman–Crippen MR) is 261 cm³/mol. The van der Waals surface area contributed by atoms with Gasteiger partial charge in [0.1, 0.15) is 89.6 Å². The van der Waals surface area contributed by atoms with Crippen molar-refractivity contribution in [2.75, 3.05) is 0 Å². The van der Waals surface area contributed by atoms with Gasteiger partial charge in [0.05, 0.1) is 22.1 Å². The van der Waals surface area contributed by atoms with Crippen LogP contribution in [-0.4, -0.2) is 103 Å². The topological polar surface area (TPSA) is 61.7 Å². The number of furan rings is 1. The second kappa shape index (κ2) is 13.6. The molecule has 11 rings (SSSR count). The van der Waals surface area contributed by atoms with E-state index in [-0.39, 0.29) is 77.8 Å². The van der Waals surface area contributed by atoms with Crippen molar-refractivity contribution in [1.82, 2.24) is 24.1 Å². The van der Waals surface area contributed by atoms with Gasteiger partial charge in [-0.05, 0) is 24.3 Å². The predicted octanol–water partition coefficient (Wildman–Crippen LogP) is -0.763. The van der Waals surface area contributed by atoms with E-state index < -0.39 is 0 Å². The summed E-state index contributed by atoms with van der Waals surface area (Å²) >= 11 is 0. The van der Waals surface area contributed by atoms with Gasteiger partial charge < -0.3 is 8.98 Å². The van der Waals surface area contributed by atoms with Crippen LogP contribution in [0.4, 0.5) is 0 Å². The minimum absolute atomic E-state index is 0.0495. The van der Waals surface area contributed by atoms with Gasteiger partial charge in [0, 0.05) is 49.1 Å². The van der Waals surface area contributed by atoms with Gasteiger partial charge in [0.2, 0.25) is 5.95 Å². The molecular formula is C45H17B10N5O. The molecule has 11 aromatic rings. The Morgan fingerprint density at radius 3 is 1.48 bits per heavy atom. The molecule has 7 aromatic carbocycles. The summed E-state index contributed by atoms with van der Waals surface area (Å²) in [6, 6.07) is 33.5. The first-order valence-electron chi connectivity index (χ1n) is 19.1. The van der Waals surface area contributed by atoms with Crippen molar-refractivity contribution in [3.8, 4) is 34.4 Å². The molecule has 0 atom stereocenters. The van der Waals surface area contributed by atoms with Crippen molar-refractivity contribution in [2.24, 2.45) is 0 Å². The number of nitrogens with zero attached hydrogens (tertiary/aromatic N) is 5. The van der Waals surface area contributed by atoms with Crippen molar-refractivity contribution >= 4 is 199 Å². The first kappa shape index (κ1) is 37.6. The normalized spacial score (nSPS) is 11.9. The van der Waals surface area contributed by atoms with E-state index in [1.165, 1.54) is 0 Å². The highest BCUT2D eigenvalue weighted by Gasteiger charge is 2.26. The van der Waals surface area contributed by atoms with Crippen molar-refractivity contribution in [3.05, 3.63) is 103 Å². The van der Waals surface area contributed by atoms with Crippen LogP contribution in [0.1, 0.15) is 0 Å². The number of fused-ring (bicyclic) bond motifs is 10. The third-order valence-corrected chi connectivity index (χ3v) is 11.8. The molecule has 0 amide bonds. The Bertz CT molecular complexity index is 3690. The van der Waals surface area contributed by atoms with Crippen molar-refractivity contribution in [3.63, 3.8) is 0 Å². The number of para-hydroxylation sites is 3. The van der Waals surface area contributed by atoms with Crippen molar-refractivity contribution in [2.45, 2.75) is 0 Å². The second-order valence-corrected chi connectivity index (χ2v) is 15.0. The quantitative estimate of drug-likeness (QED) is 0.222. The summed E-state index contributed by atoms with van der Waals surface area (Å²) in [5.74, 6) is 0.603. The fourth-order valence-corrected chi connectivity index (χ4v) is 8.77. The van der Waals surface area contributed by atoms with Crippen molar-refractivity contribution < 1.29 is 4.42 Å². The third kappa shape index (κ3) is 5.20. The molecule has 258 valence electrons. The van der Waals surface area contributed by atoms with Gasteiger partial charge in [0.15, 0.2) is 11.6 Å². The van der Waals surface area contributed by atoms with Gasteiger partial charge in [-0.3, -0.25) is 4.57 Å². The van der Waals surface area contributed by atoms with Crippen LogP contribution in [0.25, 0.3) is 100.0 Å². The smallest absolute Gasteiger partial charge is 0.238 e. The lowest BCUT2D eigenvalue weighted by atomic mass is 9.60. The molecule has 6 nitrogen and oxygen atoms in total. The van der Waals surface area contributed by atoms with E-state index in [4.69, 9.17) is 97.8 Å². The highest BCUT2D eigenvalue weighted by atomic mass is 16.3. The molecule has 4 aromatic heterocycles. The molecule has 0 N–H and O–H groups in total. The van der Waals surface area contributed by atoms with E-state index in [1.54, 1.807) is 0 Å². The molecule has 0 bridgehead atoms. The molecular weight excluding hydrogens is 735 g/mol. The van der Waals surface area contributed by atoms with E-state index in [1.807, 2.05) is 100 Å². The zero-order valence-electron chi connectivity index (χ0n) is 32.2. The van der Waals surface area contributed by atoms with Crippen molar-refractivity contribution in [1.29, 1.82) is 0 Å². The Hall–Kier alpha value is -6.40. The largest absolute Gasteiger partial charge is 0.456 e. The molecule has 0 saturated carbocycles. The monoisotopic (exact) mass is 753 g/mol. The molecule has 0 fully saturated rings. The van der Waals surface area contributed by atoms with Gasteiger partial charge in [-0.15, -0.1) is 32.8 Å². The Balaban J connectivity index is 1.35. The van der Waals surface area contributed by atoms with Gasteiger partial charge in [0.25, 0.3) is 0 Å². The van der Waals surface area contributed by atoms with E-state index in [2.05, 4.69) is 12.1 Å². The van der Waals surface area contributed by atoms with Crippen LogP contribution in [0.3, 0.4) is 0 Å². The minimum atomic E-state index is 0.0495. The van der Waals surface area contributed by atoms with Gasteiger partial charge in [-0.25, -0.2) is 4.98 Å². The SMILES string of the molecule is [B]c1c([B])c([B])c(-c2nc(-c3cccc4oc5ccccc5c34)nc(-n3c4ccccc4c4ccc5c6ccccc6n(-c6c([B])c([B])c([B])c([B])c6[B])c5c43)n2)c([B])c1[B]. The van der Waals surface area contributed by atoms with Crippen LogP contribution in [0, 0.1) is 0 Å². The summed E-state index contributed by atoms with van der Waals surface area (Å²) in [6.07, 6.45) is 0. The number of hydrogen-bond donors (Lipinski definition) is 0.